The molecule has 0 aliphatic carbocycles. The summed E-state index contributed by atoms with van der Waals surface area (Å²) in [7, 11) is 1.96. The SMILES string of the molecule is CCOc1cc(C)ccc1CN=C(NCc1nnc(C)n1C)NC1CCOc2ccccc21. The number of fused-ring (bicyclic) bond motifs is 1. The average Bonchev–Trinajstić information content (AvgIpc) is 3.14. The molecule has 2 N–H and O–H groups in total. The van der Waals surface area contributed by atoms with Crippen LogP contribution in [0.4, 0.5) is 0 Å². The van der Waals surface area contributed by atoms with E-state index in [0.717, 1.165) is 40.7 Å². The van der Waals surface area contributed by atoms with Crippen LogP contribution in [0.1, 0.15) is 47.7 Å². The Labute approximate surface area is 195 Å². The third-order valence-corrected chi connectivity index (χ3v) is 5.80. The maximum atomic E-state index is 5.85. The molecular formula is C25H32N6O2. The first kappa shape index (κ1) is 22.6. The standard InChI is InChI=1S/C25H32N6O2/c1-5-32-23-14-17(2)10-11-19(23)15-26-25(27-16-24-30-29-18(3)31(24)4)28-21-12-13-33-22-9-7-6-8-20(21)22/h6-11,14,21H,5,12-13,15-16H2,1-4H3,(H2,26,27,28). The highest BCUT2D eigenvalue weighted by molar-refractivity contribution is 5.80. The van der Waals surface area contributed by atoms with Crippen LogP contribution in [0.5, 0.6) is 11.5 Å². The Bertz CT molecular complexity index is 1120. The van der Waals surface area contributed by atoms with Gasteiger partial charge in [0.15, 0.2) is 11.8 Å². The Kier molecular flexibility index (Phi) is 7.12. The van der Waals surface area contributed by atoms with Crippen LogP contribution in [-0.4, -0.2) is 33.9 Å². The highest BCUT2D eigenvalue weighted by Gasteiger charge is 2.22. The highest BCUT2D eigenvalue weighted by atomic mass is 16.5. The van der Waals surface area contributed by atoms with Crippen LogP contribution in [0.15, 0.2) is 47.5 Å². The minimum absolute atomic E-state index is 0.104. The third-order valence-electron chi connectivity index (χ3n) is 5.80. The maximum Gasteiger partial charge on any atom is 0.192 e. The lowest BCUT2D eigenvalue weighted by atomic mass is 10.0. The molecule has 8 nitrogen and oxygen atoms in total. The highest BCUT2D eigenvalue weighted by Crippen LogP contribution is 2.31. The van der Waals surface area contributed by atoms with E-state index in [1.54, 1.807) is 0 Å². The number of nitrogens with one attached hydrogen (secondary N) is 2. The summed E-state index contributed by atoms with van der Waals surface area (Å²) < 4.78 is 13.6. The van der Waals surface area contributed by atoms with Crippen molar-refractivity contribution in [3.63, 3.8) is 0 Å². The van der Waals surface area contributed by atoms with E-state index < -0.39 is 0 Å². The molecule has 33 heavy (non-hydrogen) atoms. The maximum absolute atomic E-state index is 5.85. The molecule has 1 aliphatic heterocycles. The van der Waals surface area contributed by atoms with Gasteiger partial charge in [0.25, 0.3) is 0 Å². The average molecular weight is 449 g/mol. The molecule has 174 valence electrons. The normalized spacial score (nSPS) is 15.5. The van der Waals surface area contributed by atoms with Gasteiger partial charge >= 0.3 is 0 Å². The summed E-state index contributed by atoms with van der Waals surface area (Å²) in [5.41, 5.74) is 3.35. The number of nitrogens with zero attached hydrogens (tertiary/aromatic N) is 4. The number of ether oxygens (including phenoxy) is 2. The van der Waals surface area contributed by atoms with E-state index in [2.05, 4.69) is 52.0 Å². The fraction of sp³-hybridized carbons (Fsp3) is 0.400. The molecule has 0 saturated heterocycles. The van der Waals surface area contributed by atoms with Crippen molar-refractivity contribution >= 4 is 5.96 Å². The van der Waals surface area contributed by atoms with Crippen LogP contribution in [0.25, 0.3) is 0 Å². The summed E-state index contributed by atoms with van der Waals surface area (Å²) in [5, 5.41) is 15.5. The van der Waals surface area contributed by atoms with Gasteiger partial charge in [-0.1, -0.05) is 30.3 Å². The van der Waals surface area contributed by atoms with E-state index >= 15 is 0 Å². The van der Waals surface area contributed by atoms with Crippen LogP contribution in [0, 0.1) is 13.8 Å². The number of rotatable bonds is 7. The van der Waals surface area contributed by atoms with Gasteiger partial charge in [-0.15, -0.1) is 10.2 Å². The summed E-state index contributed by atoms with van der Waals surface area (Å²) in [5.74, 6) is 4.22. The molecule has 0 amide bonds. The molecule has 0 spiro atoms. The molecule has 1 aliphatic rings. The number of aromatic nitrogens is 3. The Morgan fingerprint density at radius 2 is 2.06 bits per heavy atom. The summed E-state index contributed by atoms with van der Waals surface area (Å²) in [6, 6.07) is 14.5. The van der Waals surface area contributed by atoms with Gasteiger partial charge in [0.05, 0.1) is 32.3 Å². The Balaban J connectivity index is 1.57. The second-order valence-corrected chi connectivity index (χ2v) is 8.16. The summed E-state index contributed by atoms with van der Waals surface area (Å²) in [6.45, 7) is 8.29. The number of benzene rings is 2. The van der Waals surface area contributed by atoms with Crippen LogP contribution in [0.3, 0.4) is 0 Å². The van der Waals surface area contributed by atoms with Crippen molar-refractivity contribution in [3.8, 4) is 11.5 Å². The zero-order chi connectivity index (χ0) is 23.2. The first-order chi connectivity index (χ1) is 16.0. The molecule has 2 aromatic carbocycles. The first-order valence-corrected chi connectivity index (χ1v) is 11.4. The Hall–Kier alpha value is -3.55. The summed E-state index contributed by atoms with van der Waals surface area (Å²) in [6.07, 6.45) is 0.857. The van der Waals surface area contributed by atoms with Crippen LogP contribution in [0.2, 0.25) is 0 Å². The molecule has 1 aromatic heterocycles. The number of aryl methyl sites for hydroxylation is 2. The molecule has 0 radical (unpaired) electrons. The quantitative estimate of drug-likeness (QED) is 0.424. The fourth-order valence-electron chi connectivity index (χ4n) is 3.82. The number of aliphatic imine (C=N–C) groups is 1. The largest absolute Gasteiger partial charge is 0.494 e. The first-order valence-electron chi connectivity index (χ1n) is 11.4. The predicted molar refractivity (Wildman–Crippen MR) is 128 cm³/mol. The number of hydrogen-bond donors (Lipinski definition) is 2. The molecule has 0 bridgehead atoms. The summed E-state index contributed by atoms with van der Waals surface area (Å²) >= 11 is 0. The van der Waals surface area contributed by atoms with Gasteiger partial charge in [-0.2, -0.15) is 0 Å². The fourth-order valence-corrected chi connectivity index (χ4v) is 3.82. The molecule has 4 rings (SSSR count). The minimum atomic E-state index is 0.104. The molecule has 3 aromatic rings. The van der Waals surface area contributed by atoms with Gasteiger partial charge in [-0.3, -0.25) is 0 Å². The summed E-state index contributed by atoms with van der Waals surface area (Å²) in [4.78, 5) is 4.90. The van der Waals surface area contributed by atoms with E-state index in [0.29, 0.717) is 32.3 Å². The van der Waals surface area contributed by atoms with Gasteiger partial charge in [-0.05, 0) is 38.5 Å². The lowest BCUT2D eigenvalue weighted by Gasteiger charge is -2.28. The number of hydrogen-bond acceptors (Lipinski definition) is 5. The van der Waals surface area contributed by atoms with Gasteiger partial charge in [0, 0.05) is 24.6 Å². The van der Waals surface area contributed by atoms with Crippen molar-refractivity contribution in [2.24, 2.45) is 12.0 Å². The van der Waals surface area contributed by atoms with Crippen LogP contribution >= 0.6 is 0 Å². The van der Waals surface area contributed by atoms with Gasteiger partial charge < -0.3 is 24.7 Å². The Morgan fingerprint density at radius 3 is 2.85 bits per heavy atom. The van der Waals surface area contributed by atoms with Crippen molar-refractivity contribution < 1.29 is 9.47 Å². The van der Waals surface area contributed by atoms with Gasteiger partial charge in [0.1, 0.15) is 17.3 Å². The topological polar surface area (TPSA) is 85.6 Å². The van der Waals surface area contributed by atoms with Crippen molar-refractivity contribution in [1.82, 2.24) is 25.4 Å². The number of guanidine groups is 1. The van der Waals surface area contributed by atoms with Crippen molar-refractivity contribution in [2.75, 3.05) is 13.2 Å². The predicted octanol–water partition coefficient (Wildman–Crippen LogP) is 3.59. The Morgan fingerprint density at radius 1 is 1.21 bits per heavy atom. The second kappa shape index (κ2) is 10.4. The molecule has 2 heterocycles. The van der Waals surface area contributed by atoms with E-state index in [1.165, 1.54) is 5.56 Å². The molecule has 1 atom stereocenters. The van der Waals surface area contributed by atoms with Crippen LogP contribution < -0.4 is 20.1 Å². The number of para-hydroxylation sites is 1. The van der Waals surface area contributed by atoms with E-state index in [-0.39, 0.29) is 6.04 Å². The zero-order valence-electron chi connectivity index (χ0n) is 19.8. The van der Waals surface area contributed by atoms with Crippen molar-refractivity contribution in [3.05, 3.63) is 70.8 Å². The van der Waals surface area contributed by atoms with Gasteiger partial charge in [0.2, 0.25) is 0 Å². The van der Waals surface area contributed by atoms with Gasteiger partial charge in [-0.25, -0.2) is 4.99 Å². The van der Waals surface area contributed by atoms with E-state index in [9.17, 15) is 0 Å². The molecular weight excluding hydrogens is 416 g/mol. The lowest BCUT2D eigenvalue weighted by Crippen LogP contribution is -2.41. The smallest absolute Gasteiger partial charge is 0.192 e. The molecule has 8 heteroatoms. The van der Waals surface area contributed by atoms with Crippen molar-refractivity contribution in [2.45, 2.75) is 46.3 Å². The molecule has 1 unspecified atom stereocenters. The third kappa shape index (κ3) is 5.45. The van der Waals surface area contributed by atoms with Crippen molar-refractivity contribution in [1.29, 1.82) is 0 Å². The molecule has 0 fully saturated rings. The minimum Gasteiger partial charge on any atom is -0.494 e. The lowest BCUT2D eigenvalue weighted by molar-refractivity contribution is 0.261. The van der Waals surface area contributed by atoms with E-state index in [4.69, 9.17) is 14.5 Å². The zero-order valence-corrected chi connectivity index (χ0v) is 19.8. The monoisotopic (exact) mass is 448 g/mol. The van der Waals surface area contributed by atoms with Crippen LogP contribution in [-0.2, 0) is 20.1 Å². The van der Waals surface area contributed by atoms with E-state index in [1.807, 2.05) is 43.7 Å². The second-order valence-electron chi connectivity index (χ2n) is 8.16. The molecule has 0 saturated carbocycles.